The molecule has 0 saturated heterocycles. The Hall–Kier alpha value is -0.680. The smallest absolute Gasteiger partial charge is 0.170 e. The monoisotopic (exact) mass is 248 g/mol. The number of halogens is 6. The Morgan fingerprint density at radius 2 is 1.25 bits per heavy atom. The van der Waals surface area contributed by atoms with Crippen LogP contribution in [0.15, 0.2) is 11.1 Å². The standard InChI is InChI=1S/C10H14F6/c1-5(2)8(6(3)9(11,12)13)7(4)10(14,15)16/h5-6H,1-4H3/b8-7+. The van der Waals surface area contributed by atoms with Gasteiger partial charge in [-0.05, 0) is 25.3 Å². The maximum absolute atomic E-state index is 12.4. The van der Waals surface area contributed by atoms with E-state index in [0.717, 1.165) is 6.92 Å². The fraction of sp³-hybridized carbons (Fsp3) is 0.800. The molecule has 6 heteroatoms. The van der Waals surface area contributed by atoms with Crippen molar-refractivity contribution in [3.05, 3.63) is 11.1 Å². The van der Waals surface area contributed by atoms with Crippen LogP contribution in [-0.2, 0) is 0 Å². The molecule has 0 radical (unpaired) electrons. The number of rotatable bonds is 2. The lowest BCUT2D eigenvalue weighted by Crippen LogP contribution is -2.27. The number of hydrogen-bond acceptors (Lipinski definition) is 0. The summed E-state index contributed by atoms with van der Waals surface area (Å²) >= 11 is 0. The molecule has 0 N–H and O–H groups in total. The van der Waals surface area contributed by atoms with Crippen LogP contribution in [-0.4, -0.2) is 12.4 Å². The summed E-state index contributed by atoms with van der Waals surface area (Å²) in [4.78, 5) is 0. The van der Waals surface area contributed by atoms with Crippen LogP contribution in [0.5, 0.6) is 0 Å². The van der Waals surface area contributed by atoms with E-state index < -0.39 is 35.3 Å². The molecule has 96 valence electrons. The van der Waals surface area contributed by atoms with Crippen molar-refractivity contribution in [3.8, 4) is 0 Å². The molecule has 0 fully saturated rings. The third-order valence-corrected chi connectivity index (χ3v) is 2.44. The van der Waals surface area contributed by atoms with Gasteiger partial charge in [-0.15, -0.1) is 0 Å². The number of hydrogen-bond donors (Lipinski definition) is 0. The first-order valence-electron chi connectivity index (χ1n) is 4.73. The van der Waals surface area contributed by atoms with E-state index in [2.05, 4.69) is 0 Å². The molecule has 0 saturated carbocycles. The molecule has 0 heterocycles. The van der Waals surface area contributed by atoms with Crippen LogP contribution in [0.4, 0.5) is 26.3 Å². The van der Waals surface area contributed by atoms with Gasteiger partial charge < -0.3 is 0 Å². The van der Waals surface area contributed by atoms with Gasteiger partial charge in [0, 0.05) is 5.57 Å². The SMILES string of the molecule is C/C(=C(/C(C)C)C(C)C(F)(F)F)C(F)(F)F. The van der Waals surface area contributed by atoms with E-state index >= 15 is 0 Å². The van der Waals surface area contributed by atoms with E-state index in [4.69, 9.17) is 0 Å². The van der Waals surface area contributed by atoms with Crippen LogP contribution in [0.1, 0.15) is 27.7 Å². The maximum atomic E-state index is 12.4. The van der Waals surface area contributed by atoms with Crippen LogP contribution in [0.3, 0.4) is 0 Å². The van der Waals surface area contributed by atoms with Crippen LogP contribution >= 0.6 is 0 Å². The molecule has 0 aliphatic heterocycles. The second kappa shape index (κ2) is 4.67. The third kappa shape index (κ3) is 3.72. The first kappa shape index (κ1) is 15.3. The van der Waals surface area contributed by atoms with Crippen molar-refractivity contribution >= 4 is 0 Å². The highest BCUT2D eigenvalue weighted by molar-refractivity contribution is 5.22. The van der Waals surface area contributed by atoms with Gasteiger partial charge in [0.15, 0.2) is 0 Å². The summed E-state index contributed by atoms with van der Waals surface area (Å²) in [5.74, 6) is -2.87. The summed E-state index contributed by atoms with van der Waals surface area (Å²) in [5.41, 5.74) is -1.74. The molecule has 0 aliphatic carbocycles. The topological polar surface area (TPSA) is 0 Å². The van der Waals surface area contributed by atoms with E-state index in [9.17, 15) is 26.3 Å². The Bertz CT molecular complexity index is 268. The zero-order valence-corrected chi connectivity index (χ0v) is 9.42. The summed E-state index contributed by atoms with van der Waals surface area (Å²) in [6.07, 6.45) is -9.36. The van der Waals surface area contributed by atoms with Gasteiger partial charge in [0.2, 0.25) is 0 Å². The Kier molecular flexibility index (Phi) is 4.47. The molecule has 1 unspecified atom stereocenters. The van der Waals surface area contributed by atoms with Gasteiger partial charge in [0.1, 0.15) is 0 Å². The van der Waals surface area contributed by atoms with Crippen molar-refractivity contribution in [3.63, 3.8) is 0 Å². The van der Waals surface area contributed by atoms with Crippen molar-refractivity contribution < 1.29 is 26.3 Å². The van der Waals surface area contributed by atoms with Crippen molar-refractivity contribution in [2.45, 2.75) is 40.0 Å². The number of alkyl halides is 6. The minimum atomic E-state index is -4.71. The van der Waals surface area contributed by atoms with Crippen LogP contribution < -0.4 is 0 Å². The van der Waals surface area contributed by atoms with Gasteiger partial charge in [-0.25, -0.2) is 0 Å². The van der Waals surface area contributed by atoms with Crippen molar-refractivity contribution in [1.82, 2.24) is 0 Å². The third-order valence-electron chi connectivity index (χ3n) is 2.44. The molecule has 0 aromatic rings. The maximum Gasteiger partial charge on any atom is 0.412 e. The van der Waals surface area contributed by atoms with Gasteiger partial charge in [-0.3, -0.25) is 0 Å². The quantitative estimate of drug-likeness (QED) is 0.490. The van der Waals surface area contributed by atoms with Gasteiger partial charge in [-0.2, -0.15) is 26.3 Å². The second-order valence-electron chi connectivity index (χ2n) is 4.00. The Morgan fingerprint density at radius 1 is 0.875 bits per heavy atom. The lowest BCUT2D eigenvalue weighted by Gasteiger charge is -2.25. The average Bonchev–Trinajstić information content (AvgIpc) is 1.99. The molecule has 0 aromatic heterocycles. The molecule has 0 amide bonds. The molecular weight excluding hydrogens is 234 g/mol. The van der Waals surface area contributed by atoms with Crippen molar-refractivity contribution in [1.29, 1.82) is 0 Å². The van der Waals surface area contributed by atoms with Crippen molar-refractivity contribution in [2.75, 3.05) is 0 Å². The molecule has 0 rings (SSSR count). The van der Waals surface area contributed by atoms with Crippen molar-refractivity contribution in [2.24, 2.45) is 11.8 Å². The van der Waals surface area contributed by atoms with E-state index in [1.54, 1.807) is 0 Å². The second-order valence-corrected chi connectivity index (χ2v) is 4.00. The van der Waals surface area contributed by atoms with Crippen LogP contribution in [0.25, 0.3) is 0 Å². The molecular formula is C10H14F6. The zero-order valence-electron chi connectivity index (χ0n) is 9.42. The highest BCUT2D eigenvalue weighted by Crippen LogP contribution is 2.40. The molecule has 0 aromatic carbocycles. The van der Waals surface area contributed by atoms with E-state index in [1.165, 1.54) is 13.8 Å². The first-order chi connectivity index (χ1) is 6.89. The van der Waals surface area contributed by atoms with E-state index in [1.807, 2.05) is 0 Å². The molecule has 0 spiro atoms. The lowest BCUT2D eigenvalue weighted by atomic mass is 9.86. The predicted molar refractivity (Wildman–Crippen MR) is 48.8 cm³/mol. The lowest BCUT2D eigenvalue weighted by molar-refractivity contribution is -0.162. The van der Waals surface area contributed by atoms with E-state index in [0.29, 0.717) is 6.92 Å². The normalized spacial score (nSPS) is 17.4. The summed E-state index contributed by atoms with van der Waals surface area (Å²) in [5, 5.41) is 0. The summed E-state index contributed by atoms with van der Waals surface area (Å²) < 4.78 is 74.4. The van der Waals surface area contributed by atoms with Gasteiger partial charge in [0.05, 0.1) is 5.92 Å². The molecule has 0 bridgehead atoms. The zero-order chi connectivity index (χ0) is 13.3. The summed E-state index contributed by atoms with van der Waals surface area (Å²) in [6.45, 7) is 4.10. The average molecular weight is 248 g/mol. The molecule has 0 nitrogen and oxygen atoms in total. The number of allylic oxidation sites excluding steroid dienone is 2. The van der Waals surface area contributed by atoms with Gasteiger partial charge in [-0.1, -0.05) is 13.8 Å². The Labute approximate surface area is 90.3 Å². The van der Waals surface area contributed by atoms with Gasteiger partial charge >= 0.3 is 12.4 Å². The summed E-state index contributed by atoms with van der Waals surface area (Å²) in [6, 6.07) is 0. The fourth-order valence-corrected chi connectivity index (χ4v) is 1.60. The van der Waals surface area contributed by atoms with Crippen LogP contribution in [0, 0.1) is 11.8 Å². The molecule has 0 aliphatic rings. The molecule has 16 heavy (non-hydrogen) atoms. The molecule has 1 atom stereocenters. The Morgan fingerprint density at radius 3 is 1.44 bits per heavy atom. The summed E-state index contributed by atoms with van der Waals surface area (Å²) in [7, 11) is 0. The fourth-order valence-electron chi connectivity index (χ4n) is 1.60. The highest BCUT2D eigenvalue weighted by Gasteiger charge is 2.43. The van der Waals surface area contributed by atoms with E-state index in [-0.39, 0.29) is 0 Å². The Balaban J connectivity index is 5.51. The first-order valence-corrected chi connectivity index (χ1v) is 4.73. The highest BCUT2D eigenvalue weighted by atomic mass is 19.4. The largest absolute Gasteiger partial charge is 0.412 e. The minimum Gasteiger partial charge on any atom is -0.170 e. The van der Waals surface area contributed by atoms with Crippen LogP contribution in [0.2, 0.25) is 0 Å². The predicted octanol–water partition coefficient (Wildman–Crippen LogP) is 4.72. The van der Waals surface area contributed by atoms with Gasteiger partial charge in [0.25, 0.3) is 0 Å². The minimum absolute atomic E-state index is 0.597.